The van der Waals surface area contributed by atoms with Gasteiger partial charge in [-0.2, -0.15) is 0 Å². The van der Waals surface area contributed by atoms with E-state index < -0.39 is 5.91 Å². The molecule has 1 aromatic carbocycles. The number of amides is 1. The zero-order chi connectivity index (χ0) is 24.1. The molecular weight excluding hydrogens is 434 g/mol. The number of ether oxygens (including phenoxy) is 2. The number of primary amides is 1. The number of nitrogens with one attached hydrogen (secondary N) is 2. The fraction of sp³-hybridized carbons (Fsp3) is 0.292. The summed E-state index contributed by atoms with van der Waals surface area (Å²) in [6.45, 7) is 4.02. The third kappa shape index (κ3) is 5.12. The molecule has 4 rings (SSSR count). The van der Waals surface area contributed by atoms with E-state index in [2.05, 4.69) is 37.4 Å². The Kier molecular flexibility index (Phi) is 6.98. The number of carbonyl (C=O) groups excluding carboxylic acids is 1. The normalized spacial score (nSPS) is 13.9. The van der Waals surface area contributed by atoms with Crippen LogP contribution in [0.5, 0.6) is 11.5 Å². The van der Waals surface area contributed by atoms with Gasteiger partial charge in [0.15, 0.2) is 11.5 Å². The molecule has 1 aliphatic rings. The highest BCUT2D eigenvalue weighted by atomic mass is 16.5. The number of piperazine rings is 1. The monoisotopic (exact) mass is 463 g/mol. The predicted octanol–water partition coefficient (Wildman–Crippen LogP) is 2.83. The van der Waals surface area contributed by atoms with E-state index in [0.29, 0.717) is 34.5 Å². The maximum Gasteiger partial charge on any atom is 0.252 e. The number of benzene rings is 1. The summed E-state index contributed by atoms with van der Waals surface area (Å²) >= 11 is 0. The highest BCUT2D eigenvalue weighted by Crippen LogP contribution is 2.37. The van der Waals surface area contributed by atoms with Crippen molar-refractivity contribution in [2.75, 3.05) is 63.0 Å². The minimum absolute atomic E-state index is 0.244. The van der Waals surface area contributed by atoms with Crippen molar-refractivity contribution in [2.24, 2.45) is 5.73 Å². The minimum atomic E-state index is -0.599. The lowest BCUT2D eigenvalue weighted by Crippen LogP contribution is -2.44. The van der Waals surface area contributed by atoms with E-state index in [-0.39, 0.29) is 5.56 Å². The number of rotatable bonds is 8. The fourth-order valence-electron chi connectivity index (χ4n) is 3.80. The number of methoxy groups -OCH3 is 2. The Morgan fingerprint density at radius 3 is 2.35 bits per heavy atom. The van der Waals surface area contributed by atoms with Gasteiger partial charge in [0.25, 0.3) is 5.91 Å². The molecular formula is C24H29N7O3. The lowest BCUT2D eigenvalue weighted by molar-refractivity contribution is 0.100. The third-order valence-electron chi connectivity index (χ3n) is 5.71. The van der Waals surface area contributed by atoms with Crippen molar-refractivity contribution in [3.8, 4) is 11.5 Å². The van der Waals surface area contributed by atoms with Crippen molar-refractivity contribution in [3.05, 3.63) is 54.4 Å². The summed E-state index contributed by atoms with van der Waals surface area (Å²) in [4.78, 5) is 25.5. The van der Waals surface area contributed by atoms with Gasteiger partial charge in [0, 0.05) is 38.4 Å². The van der Waals surface area contributed by atoms with Gasteiger partial charge < -0.3 is 35.6 Å². The van der Waals surface area contributed by atoms with E-state index in [1.807, 2.05) is 30.5 Å². The molecule has 0 aliphatic carbocycles. The van der Waals surface area contributed by atoms with Crippen molar-refractivity contribution in [2.45, 2.75) is 0 Å². The predicted molar refractivity (Wildman–Crippen MR) is 133 cm³/mol. The van der Waals surface area contributed by atoms with Crippen molar-refractivity contribution in [3.63, 3.8) is 0 Å². The van der Waals surface area contributed by atoms with Gasteiger partial charge in [0.2, 0.25) is 0 Å². The average molecular weight is 464 g/mol. The van der Waals surface area contributed by atoms with Crippen LogP contribution in [0, 0.1) is 0 Å². The first kappa shape index (κ1) is 23.1. The molecule has 1 aliphatic heterocycles. The molecule has 3 aromatic rings. The molecule has 10 heteroatoms. The standard InChI is InChI=1S/C24H29N7O3/c1-30-9-11-31(12-10-30)16-7-8-21(26-14-16)29-22-13-19(17(15-27-22)24(25)32)28-18-5-4-6-20(33-2)23(18)34-3/h4-8,13-15H,9-12H2,1-3H3,(H2,25,32)(H2,26,27,28,29). The SMILES string of the molecule is COc1cccc(Nc2cc(Nc3ccc(N4CCN(C)CC4)cn3)ncc2C(N)=O)c1OC. The Labute approximate surface area is 198 Å². The Balaban J connectivity index is 1.55. The van der Waals surface area contributed by atoms with E-state index in [9.17, 15) is 4.79 Å². The van der Waals surface area contributed by atoms with E-state index in [0.717, 1.165) is 31.9 Å². The lowest BCUT2D eigenvalue weighted by atomic mass is 10.2. The van der Waals surface area contributed by atoms with Crippen molar-refractivity contribution >= 4 is 34.6 Å². The van der Waals surface area contributed by atoms with Gasteiger partial charge in [-0.3, -0.25) is 4.79 Å². The van der Waals surface area contributed by atoms with Gasteiger partial charge in [0.05, 0.1) is 43.0 Å². The number of pyridine rings is 2. The van der Waals surface area contributed by atoms with Crippen molar-refractivity contribution in [1.82, 2.24) is 14.9 Å². The van der Waals surface area contributed by atoms with Crippen LogP contribution in [0.15, 0.2) is 48.8 Å². The smallest absolute Gasteiger partial charge is 0.252 e. The Bertz CT molecular complexity index is 1150. The molecule has 0 unspecified atom stereocenters. The molecule has 0 radical (unpaired) electrons. The summed E-state index contributed by atoms with van der Waals surface area (Å²) in [5.41, 5.74) is 8.01. The molecule has 10 nitrogen and oxygen atoms in total. The van der Waals surface area contributed by atoms with Crippen LogP contribution < -0.4 is 30.7 Å². The molecule has 3 heterocycles. The van der Waals surface area contributed by atoms with Crippen molar-refractivity contribution < 1.29 is 14.3 Å². The third-order valence-corrected chi connectivity index (χ3v) is 5.71. The number of hydrogen-bond acceptors (Lipinski definition) is 9. The molecule has 1 amide bonds. The molecule has 0 atom stereocenters. The number of hydrogen-bond donors (Lipinski definition) is 3. The Morgan fingerprint density at radius 1 is 0.941 bits per heavy atom. The second-order valence-electron chi connectivity index (χ2n) is 7.96. The summed E-state index contributed by atoms with van der Waals surface area (Å²) in [5, 5.41) is 6.40. The molecule has 1 fully saturated rings. The highest BCUT2D eigenvalue weighted by molar-refractivity contribution is 5.99. The number of carbonyl (C=O) groups is 1. The van der Waals surface area contributed by atoms with Crippen LogP contribution in [-0.4, -0.2) is 68.2 Å². The van der Waals surface area contributed by atoms with Crippen LogP contribution in [0.2, 0.25) is 0 Å². The highest BCUT2D eigenvalue weighted by Gasteiger charge is 2.16. The van der Waals surface area contributed by atoms with Gasteiger partial charge in [0.1, 0.15) is 11.6 Å². The van der Waals surface area contributed by atoms with Crippen LogP contribution in [0.4, 0.5) is 28.7 Å². The van der Waals surface area contributed by atoms with E-state index in [4.69, 9.17) is 15.2 Å². The van der Waals surface area contributed by atoms with Crippen LogP contribution in [0.1, 0.15) is 10.4 Å². The second-order valence-corrected chi connectivity index (χ2v) is 7.96. The number of para-hydroxylation sites is 1. The van der Waals surface area contributed by atoms with Gasteiger partial charge in [-0.15, -0.1) is 0 Å². The number of anilines is 5. The Hall–Kier alpha value is -4.05. The van der Waals surface area contributed by atoms with Gasteiger partial charge in [-0.05, 0) is 31.3 Å². The van der Waals surface area contributed by atoms with Gasteiger partial charge in [-0.1, -0.05) is 6.07 Å². The maximum atomic E-state index is 12.0. The topological polar surface area (TPSA) is 118 Å². The summed E-state index contributed by atoms with van der Waals surface area (Å²) in [5.74, 6) is 1.62. The lowest BCUT2D eigenvalue weighted by Gasteiger charge is -2.33. The fourth-order valence-corrected chi connectivity index (χ4v) is 3.80. The van der Waals surface area contributed by atoms with E-state index >= 15 is 0 Å². The molecule has 0 spiro atoms. The van der Waals surface area contributed by atoms with Gasteiger partial charge in [-0.25, -0.2) is 9.97 Å². The average Bonchev–Trinajstić information content (AvgIpc) is 2.85. The largest absolute Gasteiger partial charge is 0.493 e. The zero-order valence-electron chi connectivity index (χ0n) is 19.5. The molecule has 0 saturated carbocycles. The van der Waals surface area contributed by atoms with Crippen LogP contribution in [-0.2, 0) is 0 Å². The maximum absolute atomic E-state index is 12.0. The first-order valence-electron chi connectivity index (χ1n) is 10.9. The number of aromatic nitrogens is 2. The van der Waals surface area contributed by atoms with Crippen LogP contribution >= 0.6 is 0 Å². The molecule has 1 saturated heterocycles. The molecule has 34 heavy (non-hydrogen) atoms. The summed E-state index contributed by atoms with van der Waals surface area (Å²) in [7, 11) is 5.24. The second kappa shape index (κ2) is 10.3. The van der Waals surface area contributed by atoms with E-state index in [1.54, 1.807) is 26.4 Å². The number of likely N-dealkylation sites (N-methyl/N-ethyl adjacent to an activating group) is 1. The quantitative estimate of drug-likeness (QED) is 0.463. The summed E-state index contributed by atoms with van der Waals surface area (Å²) in [6.07, 6.45) is 3.28. The summed E-state index contributed by atoms with van der Waals surface area (Å²) in [6, 6.07) is 11.1. The molecule has 2 aromatic heterocycles. The number of nitrogens with two attached hydrogens (primary N) is 1. The molecule has 178 valence electrons. The van der Waals surface area contributed by atoms with Crippen LogP contribution in [0.3, 0.4) is 0 Å². The Morgan fingerprint density at radius 2 is 1.71 bits per heavy atom. The zero-order valence-corrected chi connectivity index (χ0v) is 19.5. The van der Waals surface area contributed by atoms with Crippen molar-refractivity contribution in [1.29, 1.82) is 0 Å². The summed E-state index contributed by atoms with van der Waals surface area (Å²) < 4.78 is 10.8. The first-order valence-corrected chi connectivity index (χ1v) is 10.9. The van der Waals surface area contributed by atoms with E-state index in [1.165, 1.54) is 6.20 Å². The van der Waals surface area contributed by atoms with Crippen LogP contribution in [0.25, 0.3) is 0 Å². The first-order chi connectivity index (χ1) is 16.5. The molecule has 4 N–H and O–H groups in total. The number of nitrogens with zero attached hydrogens (tertiary/aromatic N) is 4. The molecule has 0 bridgehead atoms. The van der Waals surface area contributed by atoms with Gasteiger partial charge >= 0.3 is 0 Å². The minimum Gasteiger partial charge on any atom is -0.493 e.